The van der Waals surface area contributed by atoms with Crippen LogP contribution in [0.2, 0.25) is 0 Å². The number of amides is 1. The number of carbonyl (C=O) groups is 1. The molecule has 0 aromatic heterocycles. The Hall–Kier alpha value is -0.370. The first-order chi connectivity index (χ1) is 11.0. The van der Waals surface area contributed by atoms with E-state index in [1.807, 2.05) is 11.8 Å². The van der Waals surface area contributed by atoms with Crippen molar-refractivity contribution in [1.82, 2.24) is 14.5 Å². The van der Waals surface area contributed by atoms with Gasteiger partial charge in [-0.05, 0) is 50.5 Å². The van der Waals surface area contributed by atoms with Crippen LogP contribution in [-0.4, -0.2) is 68.0 Å². The quantitative estimate of drug-likeness (QED) is 0.797. The molecule has 24 heavy (non-hydrogen) atoms. The van der Waals surface area contributed by atoms with Gasteiger partial charge in [-0.2, -0.15) is 4.31 Å². The SMILES string of the molecule is CCCS(=O)(=O)N1CCCC1C(=O)N1CCC2(CCNC2)CC1.Cl. The molecule has 3 rings (SSSR count). The van der Waals surface area contributed by atoms with Crippen LogP contribution in [0.3, 0.4) is 0 Å². The molecule has 0 aromatic carbocycles. The third kappa shape index (κ3) is 3.89. The molecule has 3 fully saturated rings. The summed E-state index contributed by atoms with van der Waals surface area (Å²) in [6.45, 7) is 6.07. The maximum atomic E-state index is 12.9. The molecule has 1 amide bonds. The van der Waals surface area contributed by atoms with Gasteiger partial charge in [-0.3, -0.25) is 4.79 Å². The molecule has 140 valence electrons. The van der Waals surface area contributed by atoms with Gasteiger partial charge in [0.1, 0.15) is 6.04 Å². The van der Waals surface area contributed by atoms with Crippen molar-refractivity contribution in [2.75, 3.05) is 38.5 Å². The first kappa shape index (κ1) is 19.9. The van der Waals surface area contributed by atoms with E-state index in [2.05, 4.69) is 5.32 Å². The third-order valence-electron chi connectivity index (χ3n) is 5.78. The summed E-state index contributed by atoms with van der Waals surface area (Å²) in [4.78, 5) is 14.8. The maximum absolute atomic E-state index is 12.9. The molecule has 3 aliphatic heterocycles. The Morgan fingerprint density at radius 2 is 1.92 bits per heavy atom. The topological polar surface area (TPSA) is 69.7 Å². The van der Waals surface area contributed by atoms with Crippen LogP contribution < -0.4 is 5.32 Å². The Morgan fingerprint density at radius 3 is 2.50 bits per heavy atom. The summed E-state index contributed by atoms with van der Waals surface area (Å²) in [5.74, 6) is 0.175. The minimum absolute atomic E-state index is 0. The van der Waals surface area contributed by atoms with Crippen LogP contribution in [0.15, 0.2) is 0 Å². The number of halogens is 1. The van der Waals surface area contributed by atoms with E-state index in [-0.39, 0.29) is 24.1 Å². The highest BCUT2D eigenvalue weighted by Crippen LogP contribution is 2.37. The Balaban J connectivity index is 0.00000208. The van der Waals surface area contributed by atoms with Crippen molar-refractivity contribution >= 4 is 28.3 Å². The van der Waals surface area contributed by atoms with Gasteiger partial charge in [0.15, 0.2) is 0 Å². The first-order valence-corrected chi connectivity index (χ1v) is 10.6. The fourth-order valence-corrected chi connectivity index (χ4v) is 6.07. The third-order valence-corrected chi connectivity index (χ3v) is 7.85. The van der Waals surface area contributed by atoms with Crippen molar-refractivity contribution in [2.24, 2.45) is 5.41 Å². The Kier molecular flexibility index (Phi) is 6.56. The van der Waals surface area contributed by atoms with Gasteiger partial charge in [0.05, 0.1) is 5.75 Å². The second kappa shape index (κ2) is 7.89. The molecular formula is C16H30ClN3O3S. The molecule has 0 aliphatic carbocycles. The maximum Gasteiger partial charge on any atom is 0.241 e. The zero-order chi connectivity index (χ0) is 16.5. The highest BCUT2D eigenvalue weighted by atomic mass is 35.5. The predicted molar refractivity (Wildman–Crippen MR) is 96.8 cm³/mol. The first-order valence-electron chi connectivity index (χ1n) is 8.96. The molecule has 3 heterocycles. The molecule has 3 aliphatic rings. The lowest BCUT2D eigenvalue weighted by atomic mass is 9.78. The normalized spacial score (nSPS) is 27.4. The summed E-state index contributed by atoms with van der Waals surface area (Å²) < 4.78 is 26.2. The predicted octanol–water partition coefficient (Wildman–Crippen LogP) is 1.21. The molecule has 1 spiro atoms. The molecule has 1 atom stereocenters. The van der Waals surface area contributed by atoms with Crippen LogP contribution in [0.25, 0.3) is 0 Å². The number of hydrogen-bond acceptors (Lipinski definition) is 4. The zero-order valence-electron chi connectivity index (χ0n) is 14.5. The van der Waals surface area contributed by atoms with Gasteiger partial charge >= 0.3 is 0 Å². The van der Waals surface area contributed by atoms with E-state index in [0.717, 1.165) is 45.4 Å². The summed E-state index contributed by atoms with van der Waals surface area (Å²) in [5, 5.41) is 3.43. The van der Waals surface area contributed by atoms with Gasteiger partial charge in [-0.1, -0.05) is 6.92 Å². The molecule has 1 unspecified atom stereocenters. The highest BCUT2D eigenvalue weighted by Gasteiger charge is 2.43. The monoisotopic (exact) mass is 379 g/mol. The zero-order valence-corrected chi connectivity index (χ0v) is 16.1. The summed E-state index contributed by atoms with van der Waals surface area (Å²) in [7, 11) is -3.29. The van der Waals surface area contributed by atoms with Gasteiger partial charge in [-0.25, -0.2) is 8.42 Å². The Bertz CT molecular complexity index is 539. The fraction of sp³-hybridized carbons (Fsp3) is 0.938. The van der Waals surface area contributed by atoms with Crippen molar-refractivity contribution in [2.45, 2.75) is 51.5 Å². The molecule has 0 aromatic rings. The number of piperidine rings is 1. The average molecular weight is 380 g/mol. The number of hydrogen-bond donors (Lipinski definition) is 1. The van der Waals surface area contributed by atoms with Crippen molar-refractivity contribution in [3.63, 3.8) is 0 Å². The number of sulfonamides is 1. The van der Waals surface area contributed by atoms with Gasteiger partial charge in [-0.15, -0.1) is 12.4 Å². The van der Waals surface area contributed by atoms with E-state index in [9.17, 15) is 13.2 Å². The van der Waals surface area contributed by atoms with Crippen LogP contribution in [0, 0.1) is 5.41 Å². The molecule has 1 N–H and O–H groups in total. The Morgan fingerprint density at radius 1 is 1.21 bits per heavy atom. The smallest absolute Gasteiger partial charge is 0.241 e. The molecule has 0 saturated carbocycles. The number of rotatable bonds is 4. The van der Waals surface area contributed by atoms with E-state index >= 15 is 0 Å². The van der Waals surface area contributed by atoms with Crippen LogP contribution in [0.5, 0.6) is 0 Å². The second-order valence-electron chi connectivity index (χ2n) is 7.34. The molecule has 0 radical (unpaired) electrons. The Labute approximate surface area is 151 Å². The number of likely N-dealkylation sites (tertiary alicyclic amines) is 1. The van der Waals surface area contributed by atoms with Gasteiger partial charge in [0.25, 0.3) is 0 Å². The second-order valence-corrected chi connectivity index (χ2v) is 9.38. The van der Waals surface area contributed by atoms with Crippen LogP contribution in [0.4, 0.5) is 0 Å². The number of carbonyl (C=O) groups excluding carboxylic acids is 1. The van der Waals surface area contributed by atoms with Crippen LogP contribution >= 0.6 is 12.4 Å². The molecule has 8 heteroatoms. The van der Waals surface area contributed by atoms with Crippen LogP contribution in [-0.2, 0) is 14.8 Å². The van der Waals surface area contributed by atoms with E-state index in [4.69, 9.17) is 0 Å². The van der Waals surface area contributed by atoms with Crippen molar-refractivity contribution in [1.29, 1.82) is 0 Å². The molecule has 3 saturated heterocycles. The van der Waals surface area contributed by atoms with Crippen LogP contribution in [0.1, 0.15) is 45.4 Å². The largest absolute Gasteiger partial charge is 0.341 e. The van der Waals surface area contributed by atoms with E-state index < -0.39 is 16.1 Å². The minimum Gasteiger partial charge on any atom is -0.341 e. The summed E-state index contributed by atoms with van der Waals surface area (Å²) >= 11 is 0. The lowest BCUT2D eigenvalue weighted by molar-refractivity contribution is -0.136. The van der Waals surface area contributed by atoms with Gasteiger partial charge in [0, 0.05) is 26.2 Å². The van der Waals surface area contributed by atoms with E-state index in [1.165, 1.54) is 10.7 Å². The van der Waals surface area contributed by atoms with Crippen molar-refractivity contribution in [3.8, 4) is 0 Å². The van der Waals surface area contributed by atoms with E-state index in [1.54, 1.807) is 0 Å². The molecule has 0 bridgehead atoms. The number of nitrogens with zero attached hydrogens (tertiary/aromatic N) is 2. The number of nitrogens with one attached hydrogen (secondary N) is 1. The minimum atomic E-state index is -3.29. The van der Waals surface area contributed by atoms with Crippen molar-refractivity contribution in [3.05, 3.63) is 0 Å². The molecule has 6 nitrogen and oxygen atoms in total. The average Bonchev–Trinajstić information content (AvgIpc) is 3.17. The highest BCUT2D eigenvalue weighted by molar-refractivity contribution is 7.89. The lowest BCUT2D eigenvalue weighted by Gasteiger charge is -2.40. The summed E-state index contributed by atoms with van der Waals surface area (Å²) in [6.07, 6.45) is 5.35. The lowest BCUT2D eigenvalue weighted by Crippen LogP contribution is -2.52. The molecular weight excluding hydrogens is 350 g/mol. The summed E-state index contributed by atoms with van der Waals surface area (Å²) in [6, 6.07) is -0.456. The van der Waals surface area contributed by atoms with Gasteiger partial charge < -0.3 is 10.2 Å². The summed E-state index contributed by atoms with van der Waals surface area (Å²) in [5.41, 5.74) is 0.375. The van der Waals surface area contributed by atoms with Gasteiger partial charge in [0.2, 0.25) is 15.9 Å². The van der Waals surface area contributed by atoms with Crippen molar-refractivity contribution < 1.29 is 13.2 Å². The van der Waals surface area contributed by atoms with E-state index in [0.29, 0.717) is 24.8 Å². The fourth-order valence-electron chi connectivity index (χ4n) is 4.33. The standard InChI is InChI=1S/C16H29N3O3S.ClH/c1-2-12-23(21,22)19-9-3-4-14(19)15(20)18-10-6-16(7-11-18)5-8-17-13-16;/h14,17H,2-13H2,1H3;1H.